The number of halogens is 3. The first-order chi connectivity index (χ1) is 6.95. The molecule has 0 fully saturated rings. The summed E-state index contributed by atoms with van der Waals surface area (Å²) in [5, 5.41) is 0. The molecule has 0 amide bonds. The molecule has 1 aromatic rings. The van der Waals surface area contributed by atoms with Crippen molar-refractivity contribution >= 4 is 12.2 Å². The summed E-state index contributed by atoms with van der Waals surface area (Å²) < 4.78 is 37.1. The maximum absolute atomic E-state index is 12.4. The van der Waals surface area contributed by atoms with Gasteiger partial charge >= 0.3 is 6.18 Å². The van der Waals surface area contributed by atoms with E-state index in [9.17, 15) is 18.0 Å². The molecular formula is C8H4F3N3O. The fourth-order valence-electron chi connectivity index (χ4n) is 0.810. The summed E-state index contributed by atoms with van der Waals surface area (Å²) in [4.78, 5) is 16.3. The van der Waals surface area contributed by atoms with E-state index in [0.717, 1.165) is 6.20 Å². The largest absolute Gasteiger partial charge is 0.434 e. The number of hydrogen-bond acceptors (Lipinski definition) is 4. The van der Waals surface area contributed by atoms with Crippen molar-refractivity contribution in [3.63, 3.8) is 0 Å². The van der Waals surface area contributed by atoms with Gasteiger partial charge in [0.05, 0.1) is 5.56 Å². The minimum atomic E-state index is -4.68. The van der Waals surface area contributed by atoms with Gasteiger partial charge in [-0.25, -0.2) is 9.97 Å². The Kier molecular flexibility index (Phi) is 2.90. The predicted octanol–water partition coefficient (Wildman–Crippen LogP) is 0.628. The second kappa shape index (κ2) is 3.96. The van der Waals surface area contributed by atoms with Crippen LogP contribution in [0.15, 0.2) is 6.20 Å². The molecule has 0 unspecified atom stereocenters. The zero-order valence-corrected chi connectivity index (χ0v) is 7.17. The Morgan fingerprint density at radius 1 is 1.47 bits per heavy atom. The Labute approximate surface area is 82.3 Å². The maximum Gasteiger partial charge on any atom is 0.434 e. The van der Waals surface area contributed by atoms with Crippen LogP contribution >= 0.6 is 0 Å². The number of nitrogens with two attached hydrogens (primary N) is 1. The van der Waals surface area contributed by atoms with Crippen molar-refractivity contribution in [1.29, 1.82) is 0 Å². The molecule has 1 heterocycles. The number of aromatic nitrogens is 2. The van der Waals surface area contributed by atoms with E-state index in [1.165, 1.54) is 0 Å². The molecule has 1 rings (SSSR count). The third-order valence-electron chi connectivity index (χ3n) is 1.34. The molecule has 0 aliphatic rings. The number of rotatable bonds is 0. The van der Waals surface area contributed by atoms with E-state index in [1.807, 2.05) is 11.8 Å². The second-order valence-corrected chi connectivity index (χ2v) is 2.38. The second-order valence-electron chi connectivity index (χ2n) is 2.38. The molecule has 4 nitrogen and oxygen atoms in total. The van der Waals surface area contributed by atoms with E-state index in [-0.39, 0.29) is 6.29 Å². The molecule has 1 aromatic heterocycles. The minimum absolute atomic E-state index is 0.177. The van der Waals surface area contributed by atoms with E-state index in [1.54, 1.807) is 0 Å². The van der Waals surface area contributed by atoms with Gasteiger partial charge in [-0.1, -0.05) is 5.92 Å². The predicted molar refractivity (Wildman–Crippen MR) is 44.4 cm³/mol. The lowest BCUT2D eigenvalue weighted by molar-refractivity contribution is -0.141. The standard InChI is InChI=1S/C8H4F3N3O/c9-8(10,11)6-5(2-1-3-15)4-13-7(12)14-6/h3-4H,(H2,12,13,14). The van der Waals surface area contributed by atoms with Gasteiger partial charge in [-0.2, -0.15) is 13.2 Å². The maximum atomic E-state index is 12.4. The highest BCUT2D eigenvalue weighted by atomic mass is 19.4. The summed E-state index contributed by atoms with van der Waals surface area (Å²) in [6.45, 7) is 0. The summed E-state index contributed by atoms with van der Waals surface area (Å²) >= 11 is 0. The zero-order chi connectivity index (χ0) is 11.5. The Hall–Kier alpha value is -2.10. The molecule has 0 saturated heterocycles. The first-order valence-electron chi connectivity index (χ1n) is 3.60. The van der Waals surface area contributed by atoms with Crippen LogP contribution in [-0.2, 0) is 11.0 Å². The lowest BCUT2D eigenvalue weighted by Gasteiger charge is -2.07. The number of nitrogen functional groups attached to an aromatic ring is 1. The highest BCUT2D eigenvalue weighted by molar-refractivity contribution is 5.74. The highest BCUT2D eigenvalue weighted by Crippen LogP contribution is 2.29. The fraction of sp³-hybridized carbons (Fsp3) is 0.125. The van der Waals surface area contributed by atoms with Gasteiger partial charge < -0.3 is 5.73 Å². The Morgan fingerprint density at radius 3 is 2.67 bits per heavy atom. The van der Waals surface area contributed by atoms with E-state index < -0.39 is 23.4 Å². The van der Waals surface area contributed by atoms with Gasteiger partial charge in [0.2, 0.25) is 5.95 Å². The van der Waals surface area contributed by atoms with Crippen LogP contribution in [0.4, 0.5) is 19.1 Å². The van der Waals surface area contributed by atoms with Crippen LogP contribution in [0.3, 0.4) is 0 Å². The van der Waals surface area contributed by atoms with Crippen LogP contribution in [0.1, 0.15) is 11.3 Å². The lowest BCUT2D eigenvalue weighted by atomic mass is 10.2. The van der Waals surface area contributed by atoms with Crippen molar-refractivity contribution in [1.82, 2.24) is 9.97 Å². The molecule has 0 aliphatic carbocycles. The molecule has 7 heteroatoms. The molecular weight excluding hydrogens is 211 g/mol. The number of anilines is 1. The zero-order valence-electron chi connectivity index (χ0n) is 7.17. The van der Waals surface area contributed by atoms with Crippen LogP contribution in [-0.4, -0.2) is 16.3 Å². The van der Waals surface area contributed by atoms with E-state index in [0.29, 0.717) is 0 Å². The molecule has 0 atom stereocenters. The van der Waals surface area contributed by atoms with Crippen LogP contribution in [0.2, 0.25) is 0 Å². The lowest BCUT2D eigenvalue weighted by Crippen LogP contribution is -2.13. The first kappa shape index (κ1) is 11.0. The highest BCUT2D eigenvalue weighted by Gasteiger charge is 2.35. The fourth-order valence-corrected chi connectivity index (χ4v) is 0.810. The number of carbonyl (C=O) groups is 1. The molecule has 78 valence electrons. The average molecular weight is 215 g/mol. The molecule has 0 aliphatic heterocycles. The van der Waals surface area contributed by atoms with Crippen molar-refractivity contribution in [2.75, 3.05) is 5.73 Å². The number of alkyl halides is 3. The Balaban J connectivity index is 3.33. The summed E-state index contributed by atoms with van der Waals surface area (Å²) in [5.41, 5.74) is 3.28. The van der Waals surface area contributed by atoms with Crippen molar-refractivity contribution < 1.29 is 18.0 Å². The van der Waals surface area contributed by atoms with Crippen molar-refractivity contribution in [3.05, 3.63) is 17.5 Å². The monoisotopic (exact) mass is 215 g/mol. The topological polar surface area (TPSA) is 68.9 Å². The average Bonchev–Trinajstić information content (AvgIpc) is 2.14. The van der Waals surface area contributed by atoms with Crippen molar-refractivity contribution in [3.8, 4) is 11.8 Å². The molecule has 2 N–H and O–H groups in total. The van der Waals surface area contributed by atoms with Gasteiger partial charge in [0, 0.05) is 6.20 Å². The Morgan fingerprint density at radius 2 is 2.13 bits per heavy atom. The number of hydrogen-bond donors (Lipinski definition) is 1. The summed E-state index contributed by atoms with van der Waals surface area (Å²) in [6.07, 6.45) is -3.68. The van der Waals surface area contributed by atoms with Gasteiger partial charge in [0.25, 0.3) is 0 Å². The van der Waals surface area contributed by atoms with E-state index >= 15 is 0 Å². The molecule has 0 aromatic carbocycles. The molecule has 0 saturated carbocycles. The Bertz CT molecular complexity index is 445. The van der Waals surface area contributed by atoms with E-state index in [2.05, 4.69) is 9.97 Å². The normalized spacial score (nSPS) is 10.3. The van der Waals surface area contributed by atoms with Gasteiger partial charge in [0.15, 0.2) is 12.0 Å². The number of carbonyl (C=O) groups excluding carboxylic acids is 1. The van der Waals surface area contributed by atoms with Crippen LogP contribution < -0.4 is 5.73 Å². The first-order valence-corrected chi connectivity index (χ1v) is 3.60. The third-order valence-corrected chi connectivity index (χ3v) is 1.34. The summed E-state index contributed by atoms with van der Waals surface area (Å²) in [6, 6.07) is 0. The molecule has 0 spiro atoms. The van der Waals surface area contributed by atoms with Crippen molar-refractivity contribution in [2.24, 2.45) is 0 Å². The summed E-state index contributed by atoms with van der Waals surface area (Å²) in [7, 11) is 0. The SMILES string of the molecule is Nc1ncc(C#CC=O)c(C(F)(F)F)n1. The van der Waals surface area contributed by atoms with Gasteiger partial charge in [-0.3, -0.25) is 4.79 Å². The van der Waals surface area contributed by atoms with Crippen LogP contribution in [0, 0.1) is 11.8 Å². The quantitative estimate of drug-likeness (QED) is 0.509. The molecule has 15 heavy (non-hydrogen) atoms. The van der Waals surface area contributed by atoms with Crippen LogP contribution in [0.25, 0.3) is 0 Å². The number of nitrogens with zero attached hydrogens (tertiary/aromatic N) is 2. The molecule has 0 radical (unpaired) electrons. The summed E-state index contributed by atoms with van der Waals surface area (Å²) in [5.74, 6) is 3.32. The van der Waals surface area contributed by atoms with Crippen LogP contribution in [0.5, 0.6) is 0 Å². The molecule has 0 bridgehead atoms. The third kappa shape index (κ3) is 2.67. The van der Waals surface area contributed by atoms with Gasteiger partial charge in [-0.05, 0) is 5.92 Å². The van der Waals surface area contributed by atoms with Crippen molar-refractivity contribution in [2.45, 2.75) is 6.18 Å². The van der Waals surface area contributed by atoms with E-state index in [4.69, 9.17) is 5.73 Å². The van der Waals surface area contributed by atoms with Gasteiger partial charge in [-0.15, -0.1) is 0 Å². The number of aldehydes is 1. The minimum Gasteiger partial charge on any atom is -0.368 e. The van der Waals surface area contributed by atoms with Gasteiger partial charge in [0.1, 0.15) is 0 Å². The smallest absolute Gasteiger partial charge is 0.368 e.